The Bertz CT molecular complexity index is 1040. The van der Waals surface area contributed by atoms with Gasteiger partial charge in [-0.25, -0.2) is 4.98 Å². The van der Waals surface area contributed by atoms with Gasteiger partial charge in [-0.2, -0.15) is 5.26 Å². The van der Waals surface area contributed by atoms with Gasteiger partial charge in [-0.05, 0) is 43.2 Å². The molecule has 6 heteroatoms. The molecule has 0 spiro atoms. The first-order valence-corrected chi connectivity index (χ1v) is 9.77. The summed E-state index contributed by atoms with van der Waals surface area (Å²) >= 11 is 1.41. The van der Waals surface area contributed by atoms with Crippen molar-refractivity contribution in [1.82, 2.24) is 4.98 Å². The predicted molar refractivity (Wildman–Crippen MR) is 114 cm³/mol. The molecule has 3 rings (SSSR count). The Morgan fingerprint density at radius 3 is 2.61 bits per heavy atom. The molecular weight excluding hydrogens is 368 g/mol. The molecule has 0 saturated heterocycles. The second kappa shape index (κ2) is 8.98. The third-order valence-electron chi connectivity index (χ3n) is 4.13. The van der Waals surface area contributed by atoms with Crippen molar-refractivity contribution in [2.45, 2.75) is 20.3 Å². The fraction of sp³-hybridized carbons (Fsp3) is 0.136. The fourth-order valence-corrected chi connectivity index (χ4v) is 3.36. The topological polar surface area (TPSA) is 77.8 Å². The number of benzene rings is 2. The molecular formula is C22H20N4OS. The van der Waals surface area contributed by atoms with Crippen LogP contribution >= 0.6 is 11.3 Å². The van der Waals surface area contributed by atoms with Crippen LogP contribution in [0.5, 0.6) is 0 Å². The van der Waals surface area contributed by atoms with Gasteiger partial charge in [0.05, 0.1) is 11.3 Å². The van der Waals surface area contributed by atoms with Gasteiger partial charge in [0.25, 0.3) is 5.91 Å². The first-order chi connectivity index (χ1) is 13.6. The minimum atomic E-state index is -0.218. The number of rotatable bonds is 6. The second-order valence-corrected chi connectivity index (χ2v) is 7.02. The number of amides is 1. The lowest BCUT2D eigenvalue weighted by Gasteiger charge is -2.10. The van der Waals surface area contributed by atoms with Crippen molar-refractivity contribution < 1.29 is 4.79 Å². The highest BCUT2D eigenvalue weighted by molar-refractivity contribution is 7.10. The van der Waals surface area contributed by atoms with Crippen molar-refractivity contribution in [2.75, 3.05) is 10.6 Å². The highest BCUT2D eigenvalue weighted by Gasteiger charge is 2.12. The lowest BCUT2D eigenvalue weighted by atomic mass is 10.1. The zero-order chi connectivity index (χ0) is 19.9. The van der Waals surface area contributed by atoms with Gasteiger partial charge in [-0.1, -0.05) is 31.2 Å². The number of anilines is 2. The monoisotopic (exact) mass is 388 g/mol. The van der Waals surface area contributed by atoms with Crippen LogP contribution in [0.2, 0.25) is 0 Å². The first kappa shape index (κ1) is 19.3. The summed E-state index contributed by atoms with van der Waals surface area (Å²) in [6.07, 6.45) is 2.54. The summed E-state index contributed by atoms with van der Waals surface area (Å²) in [6, 6.07) is 17.1. The Morgan fingerprint density at radius 2 is 1.96 bits per heavy atom. The van der Waals surface area contributed by atoms with Crippen LogP contribution in [0.3, 0.4) is 0 Å². The number of aryl methyl sites for hydroxylation is 2. The molecule has 0 saturated carbocycles. The molecule has 0 fully saturated rings. The zero-order valence-corrected chi connectivity index (χ0v) is 16.5. The van der Waals surface area contributed by atoms with E-state index in [4.69, 9.17) is 0 Å². The number of allylic oxidation sites excluding steroid dienone is 1. The van der Waals surface area contributed by atoms with E-state index in [9.17, 15) is 10.1 Å². The Balaban J connectivity index is 1.79. The molecule has 2 aromatic carbocycles. The van der Waals surface area contributed by atoms with Crippen LogP contribution in [0, 0.1) is 18.3 Å². The number of para-hydroxylation sites is 1. The molecule has 5 nitrogen and oxygen atoms in total. The third-order valence-corrected chi connectivity index (χ3v) is 5.13. The standard InChI is InChI=1S/C22H20N4OS/c1-3-16-8-10-18(11-9-16)26-21(27)19-6-4-5-7-20(19)24-13-17(12-23)22-25-15(2)14-28-22/h4-11,13-14,24H,3H2,1-2H3,(H,26,27)/b17-13+. The van der Waals surface area contributed by atoms with E-state index in [0.717, 1.165) is 17.8 Å². The molecule has 0 aliphatic rings. The van der Waals surface area contributed by atoms with Crippen LogP contribution in [0.4, 0.5) is 11.4 Å². The van der Waals surface area contributed by atoms with Gasteiger partial charge in [0.15, 0.2) is 0 Å². The van der Waals surface area contributed by atoms with Gasteiger partial charge < -0.3 is 10.6 Å². The average Bonchev–Trinajstić information content (AvgIpc) is 3.15. The van der Waals surface area contributed by atoms with Crippen LogP contribution in [0.15, 0.2) is 60.1 Å². The van der Waals surface area contributed by atoms with E-state index in [1.165, 1.54) is 16.9 Å². The maximum atomic E-state index is 12.7. The van der Waals surface area contributed by atoms with Crippen molar-refractivity contribution in [3.63, 3.8) is 0 Å². The van der Waals surface area contributed by atoms with E-state index in [2.05, 4.69) is 28.6 Å². The number of carbonyl (C=O) groups excluding carboxylic acids is 1. The molecule has 1 heterocycles. The molecule has 0 radical (unpaired) electrons. The molecule has 1 amide bonds. The van der Waals surface area contributed by atoms with Gasteiger partial charge in [-0.15, -0.1) is 11.3 Å². The number of hydrogen-bond donors (Lipinski definition) is 2. The Labute approximate surface area is 168 Å². The van der Waals surface area contributed by atoms with Crippen molar-refractivity contribution in [1.29, 1.82) is 5.26 Å². The number of nitrogens with one attached hydrogen (secondary N) is 2. The molecule has 0 atom stereocenters. The Morgan fingerprint density at radius 1 is 1.21 bits per heavy atom. The molecule has 140 valence electrons. The van der Waals surface area contributed by atoms with E-state index in [1.54, 1.807) is 24.4 Å². The summed E-state index contributed by atoms with van der Waals surface area (Å²) in [5.41, 5.74) is 4.35. The van der Waals surface area contributed by atoms with Gasteiger partial charge in [0.2, 0.25) is 0 Å². The van der Waals surface area contributed by atoms with Gasteiger partial charge in [-0.3, -0.25) is 4.79 Å². The van der Waals surface area contributed by atoms with E-state index < -0.39 is 0 Å². The summed E-state index contributed by atoms with van der Waals surface area (Å²) in [7, 11) is 0. The molecule has 3 aromatic rings. The fourth-order valence-electron chi connectivity index (χ4n) is 2.60. The zero-order valence-electron chi connectivity index (χ0n) is 15.7. The molecule has 1 aromatic heterocycles. The van der Waals surface area contributed by atoms with E-state index in [0.29, 0.717) is 21.8 Å². The van der Waals surface area contributed by atoms with Crippen LogP contribution in [0.25, 0.3) is 5.57 Å². The first-order valence-electron chi connectivity index (χ1n) is 8.89. The Kier molecular flexibility index (Phi) is 6.20. The summed E-state index contributed by atoms with van der Waals surface area (Å²) in [5, 5.41) is 17.9. The molecule has 0 bridgehead atoms. The highest BCUT2D eigenvalue weighted by atomic mass is 32.1. The Hall–Kier alpha value is -3.43. The largest absolute Gasteiger partial charge is 0.360 e. The van der Waals surface area contributed by atoms with Crippen LogP contribution in [0.1, 0.15) is 33.5 Å². The molecule has 2 N–H and O–H groups in total. The number of nitrogens with zero attached hydrogens (tertiary/aromatic N) is 2. The maximum Gasteiger partial charge on any atom is 0.257 e. The second-order valence-electron chi connectivity index (χ2n) is 6.16. The third kappa shape index (κ3) is 4.64. The lowest BCUT2D eigenvalue weighted by Crippen LogP contribution is -2.13. The quantitative estimate of drug-likeness (QED) is 0.566. The van der Waals surface area contributed by atoms with Crippen LogP contribution in [-0.4, -0.2) is 10.9 Å². The lowest BCUT2D eigenvalue weighted by molar-refractivity contribution is 0.102. The number of carbonyl (C=O) groups is 1. The van der Waals surface area contributed by atoms with Crippen molar-refractivity contribution in [3.8, 4) is 6.07 Å². The van der Waals surface area contributed by atoms with Gasteiger partial charge >= 0.3 is 0 Å². The minimum absolute atomic E-state index is 0.218. The molecule has 28 heavy (non-hydrogen) atoms. The van der Waals surface area contributed by atoms with Gasteiger partial charge in [0, 0.05) is 23.0 Å². The SMILES string of the molecule is CCc1ccc(NC(=O)c2ccccc2N/C=C(\C#N)c2nc(C)cs2)cc1. The van der Waals surface area contributed by atoms with E-state index >= 15 is 0 Å². The molecule has 0 aliphatic carbocycles. The molecule has 0 aliphatic heterocycles. The number of aromatic nitrogens is 1. The summed E-state index contributed by atoms with van der Waals surface area (Å²) in [6.45, 7) is 3.97. The van der Waals surface area contributed by atoms with Gasteiger partial charge in [0.1, 0.15) is 16.6 Å². The maximum absolute atomic E-state index is 12.7. The average molecular weight is 388 g/mol. The van der Waals surface area contributed by atoms with E-state index in [-0.39, 0.29) is 5.91 Å². The number of nitriles is 1. The highest BCUT2D eigenvalue weighted by Crippen LogP contribution is 2.21. The smallest absolute Gasteiger partial charge is 0.257 e. The number of thiazole rings is 1. The van der Waals surface area contributed by atoms with Crippen molar-refractivity contribution in [2.24, 2.45) is 0 Å². The normalized spacial score (nSPS) is 11.0. The van der Waals surface area contributed by atoms with Crippen LogP contribution in [-0.2, 0) is 6.42 Å². The predicted octanol–water partition coefficient (Wildman–Crippen LogP) is 5.24. The van der Waals surface area contributed by atoms with Crippen LogP contribution < -0.4 is 10.6 Å². The van der Waals surface area contributed by atoms with E-state index in [1.807, 2.05) is 42.6 Å². The molecule has 0 unspecified atom stereocenters. The summed E-state index contributed by atoms with van der Waals surface area (Å²) < 4.78 is 0. The summed E-state index contributed by atoms with van der Waals surface area (Å²) in [4.78, 5) is 17.1. The van der Waals surface area contributed by atoms with Crippen molar-refractivity contribution >= 4 is 34.2 Å². The minimum Gasteiger partial charge on any atom is -0.360 e. The number of hydrogen-bond acceptors (Lipinski definition) is 5. The van der Waals surface area contributed by atoms with Crippen molar-refractivity contribution in [3.05, 3.63) is 81.9 Å². The summed E-state index contributed by atoms with van der Waals surface area (Å²) in [5.74, 6) is -0.218.